The Bertz CT molecular complexity index is 619. The van der Waals surface area contributed by atoms with Crippen LogP contribution in [0.25, 0.3) is 0 Å². The molecule has 20 heavy (non-hydrogen) atoms. The van der Waals surface area contributed by atoms with E-state index in [1.165, 1.54) is 4.90 Å². The fraction of sp³-hybridized carbons (Fsp3) is 0.125. The lowest BCUT2D eigenvalue weighted by Crippen LogP contribution is -2.28. The molecule has 3 rings (SSSR count). The fourth-order valence-electron chi connectivity index (χ4n) is 2.25. The third-order valence-electron chi connectivity index (χ3n) is 3.24. The van der Waals surface area contributed by atoms with E-state index in [0.717, 1.165) is 11.4 Å². The van der Waals surface area contributed by atoms with Gasteiger partial charge in [-0.1, -0.05) is 18.2 Å². The molecule has 2 amide bonds. The Morgan fingerprint density at radius 3 is 1.90 bits per heavy atom. The first-order chi connectivity index (χ1) is 9.74. The normalized spacial score (nSPS) is 14.7. The van der Waals surface area contributed by atoms with E-state index in [4.69, 9.17) is 0 Å². The van der Waals surface area contributed by atoms with Crippen molar-refractivity contribution in [1.29, 1.82) is 0 Å². The van der Waals surface area contributed by atoms with Gasteiger partial charge in [0.1, 0.15) is 0 Å². The second-order valence-electron chi connectivity index (χ2n) is 4.66. The number of rotatable bonds is 3. The van der Waals surface area contributed by atoms with Crippen LogP contribution < -0.4 is 10.2 Å². The van der Waals surface area contributed by atoms with Gasteiger partial charge in [0.25, 0.3) is 0 Å². The molecule has 0 atom stereocenters. The Morgan fingerprint density at radius 1 is 0.750 bits per heavy atom. The molecule has 0 aliphatic carbocycles. The molecule has 0 bridgehead atoms. The van der Waals surface area contributed by atoms with Crippen LogP contribution in [0.1, 0.15) is 12.8 Å². The highest BCUT2D eigenvalue weighted by Gasteiger charge is 2.29. The molecule has 1 aliphatic rings. The first kappa shape index (κ1) is 12.4. The maximum absolute atomic E-state index is 11.7. The molecule has 0 aromatic heterocycles. The standard InChI is InChI=1S/C16H14N2O2/c19-15-10-11-16(20)18(15)14-8-6-13(7-9-14)17-12-4-2-1-3-5-12/h1-9,17H,10-11H2. The first-order valence-electron chi connectivity index (χ1n) is 6.52. The Morgan fingerprint density at radius 2 is 1.30 bits per heavy atom. The predicted molar refractivity (Wildman–Crippen MR) is 77.9 cm³/mol. The maximum atomic E-state index is 11.7. The van der Waals surface area contributed by atoms with Gasteiger partial charge >= 0.3 is 0 Å². The van der Waals surface area contributed by atoms with Crippen molar-refractivity contribution < 1.29 is 9.59 Å². The predicted octanol–water partition coefficient (Wildman–Crippen LogP) is 3.08. The summed E-state index contributed by atoms with van der Waals surface area (Å²) in [6.07, 6.45) is 0.617. The van der Waals surface area contributed by atoms with Crippen LogP contribution in [-0.2, 0) is 9.59 Å². The van der Waals surface area contributed by atoms with Crippen LogP contribution in [0.5, 0.6) is 0 Å². The van der Waals surface area contributed by atoms with E-state index in [9.17, 15) is 9.59 Å². The lowest BCUT2D eigenvalue weighted by atomic mass is 10.2. The number of imide groups is 1. The molecule has 0 saturated carbocycles. The number of nitrogens with one attached hydrogen (secondary N) is 1. The number of nitrogens with zero attached hydrogens (tertiary/aromatic N) is 1. The SMILES string of the molecule is O=C1CCC(=O)N1c1ccc(Nc2ccccc2)cc1. The molecule has 0 unspecified atom stereocenters. The van der Waals surface area contributed by atoms with Gasteiger partial charge in [0.05, 0.1) is 5.69 Å². The Kier molecular flexibility index (Phi) is 3.21. The second kappa shape index (κ2) is 5.17. The summed E-state index contributed by atoms with van der Waals surface area (Å²) in [6.45, 7) is 0. The average molecular weight is 266 g/mol. The van der Waals surface area contributed by atoms with Crippen LogP contribution in [0.3, 0.4) is 0 Å². The van der Waals surface area contributed by atoms with Crippen LogP contribution in [-0.4, -0.2) is 11.8 Å². The molecule has 1 N–H and O–H groups in total. The van der Waals surface area contributed by atoms with Gasteiger partial charge in [0.2, 0.25) is 11.8 Å². The van der Waals surface area contributed by atoms with Crippen molar-refractivity contribution in [2.24, 2.45) is 0 Å². The van der Waals surface area contributed by atoms with E-state index < -0.39 is 0 Å². The lowest BCUT2D eigenvalue weighted by Gasteiger charge is -2.14. The van der Waals surface area contributed by atoms with Crippen LogP contribution >= 0.6 is 0 Å². The van der Waals surface area contributed by atoms with Gasteiger partial charge < -0.3 is 5.32 Å². The summed E-state index contributed by atoms with van der Waals surface area (Å²) in [6, 6.07) is 17.1. The monoisotopic (exact) mass is 266 g/mol. The van der Waals surface area contributed by atoms with Crippen LogP contribution in [0.15, 0.2) is 54.6 Å². The number of benzene rings is 2. The zero-order valence-corrected chi connectivity index (χ0v) is 10.9. The fourth-order valence-corrected chi connectivity index (χ4v) is 2.25. The van der Waals surface area contributed by atoms with Gasteiger partial charge in [-0.25, -0.2) is 0 Å². The Balaban J connectivity index is 1.78. The molecule has 1 fully saturated rings. The highest BCUT2D eigenvalue weighted by atomic mass is 16.2. The molecule has 2 aromatic carbocycles. The van der Waals surface area contributed by atoms with E-state index in [1.54, 1.807) is 12.1 Å². The number of amides is 2. The van der Waals surface area contributed by atoms with E-state index >= 15 is 0 Å². The smallest absolute Gasteiger partial charge is 0.234 e. The van der Waals surface area contributed by atoms with Gasteiger partial charge in [-0.3, -0.25) is 14.5 Å². The summed E-state index contributed by atoms with van der Waals surface area (Å²) >= 11 is 0. The summed E-state index contributed by atoms with van der Waals surface area (Å²) in [5, 5.41) is 3.26. The molecule has 1 saturated heterocycles. The van der Waals surface area contributed by atoms with E-state index in [-0.39, 0.29) is 11.8 Å². The molecule has 1 aliphatic heterocycles. The van der Waals surface area contributed by atoms with Crippen molar-refractivity contribution in [3.8, 4) is 0 Å². The topological polar surface area (TPSA) is 49.4 Å². The molecule has 1 heterocycles. The number of hydrogen-bond acceptors (Lipinski definition) is 3. The zero-order valence-electron chi connectivity index (χ0n) is 10.9. The molecular weight excluding hydrogens is 252 g/mol. The van der Waals surface area contributed by atoms with E-state index in [1.807, 2.05) is 42.5 Å². The van der Waals surface area contributed by atoms with Crippen molar-refractivity contribution in [2.75, 3.05) is 10.2 Å². The van der Waals surface area contributed by atoms with Gasteiger partial charge in [-0.05, 0) is 36.4 Å². The third kappa shape index (κ3) is 2.40. The maximum Gasteiger partial charge on any atom is 0.234 e. The molecule has 100 valence electrons. The molecule has 4 heteroatoms. The van der Waals surface area contributed by atoms with Gasteiger partial charge in [0, 0.05) is 24.2 Å². The van der Waals surface area contributed by atoms with Gasteiger partial charge in [0.15, 0.2) is 0 Å². The van der Waals surface area contributed by atoms with Crippen LogP contribution in [0.4, 0.5) is 17.1 Å². The second-order valence-corrected chi connectivity index (χ2v) is 4.66. The van der Waals surface area contributed by atoms with Crippen molar-refractivity contribution in [3.63, 3.8) is 0 Å². The van der Waals surface area contributed by atoms with Crippen molar-refractivity contribution >= 4 is 28.9 Å². The molecule has 2 aromatic rings. The molecule has 0 radical (unpaired) electrons. The average Bonchev–Trinajstić information content (AvgIpc) is 2.81. The number of hydrogen-bond donors (Lipinski definition) is 1. The van der Waals surface area contributed by atoms with E-state index in [2.05, 4.69) is 5.32 Å². The highest BCUT2D eigenvalue weighted by molar-refractivity contribution is 6.19. The molecule has 4 nitrogen and oxygen atoms in total. The largest absolute Gasteiger partial charge is 0.356 e. The summed E-state index contributed by atoms with van der Waals surface area (Å²) in [5.41, 5.74) is 2.55. The third-order valence-corrected chi connectivity index (χ3v) is 3.24. The number of carbonyl (C=O) groups is 2. The minimum atomic E-state index is -0.126. The zero-order chi connectivity index (χ0) is 13.9. The van der Waals surface area contributed by atoms with Gasteiger partial charge in [-0.2, -0.15) is 0 Å². The Labute approximate surface area is 117 Å². The summed E-state index contributed by atoms with van der Waals surface area (Å²) in [7, 11) is 0. The van der Waals surface area contributed by atoms with E-state index in [0.29, 0.717) is 18.5 Å². The van der Waals surface area contributed by atoms with Gasteiger partial charge in [-0.15, -0.1) is 0 Å². The molecular formula is C16H14N2O2. The van der Waals surface area contributed by atoms with Crippen molar-refractivity contribution in [1.82, 2.24) is 0 Å². The summed E-state index contributed by atoms with van der Waals surface area (Å²) in [4.78, 5) is 24.6. The van der Waals surface area contributed by atoms with Crippen molar-refractivity contribution in [3.05, 3.63) is 54.6 Å². The summed E-state index contributed by atoms with van der Waals surface area (Å²) in [5.74, 6) is -0.252. The minimum absolute atomic E-state index is 0.126. The van der Waals surface area contributed by atoms with Crippen LogP contribution in [0.2, 0.25) is 0 Å². The number of para-hydroxylation sites is 1. The Hall–Kier alpha value is -2.62. The highest BCUT2D eigenvalue weighted by Crippen LogP contribution is 2.25. The quantitative estimate of drug-likeness (QED) is 0.868. The lowest BCUT2D eigenvalue weighted by molar-refractivity contribution is -0.121. The minimum Gasteiger partial charge on any atom is -0.356 e. The number of anilines is 3. The molecule has 0 spiro atoms. The number of carbonyl (C=O) groups excluding carboxylic acids is 2. The van der Waals surface area contributed by atoms with Crippen LogP contribution in [0, 0.1) is 0 Å². The van der Waals surface area contributed by atoms with Crippen molar-refractivity contribution in [2.45, 2.75) is 12.8 Å². The first-order valence-corrected chi connectivity index (χ1v) is 6.52. The summed E-state index contributed by atoms with van der Waals surface area (Å²) < 4.78 is 0.